The molecule has 1 aliphatic rings. The summed E-state index contributed by atoms with van der Waals surface area (Å²) in [6.45, 7) is -0.246. The van der Waals surface area contributed by atoms with Crippen molar-refractivity contribution in [2.75, 3.05) is 0 Å². The highest BCUT2D eigenvalue weighted by molar-refractivity contribution is 5.88. The predicted octanol–water partition coefficient (Wildman–Crippen LogP) is 1.36. The topological polar surface area (TPSA) is 75.1 Å². The average Bonchev–Trinajstić information content (AvgIpc) is 3.07. The van der Waals surface area contributed by atoms with Gasteiger partial charge in [0.05, 0.1) is 5.69 Å². The molecule has 0 aromatic carbocycles. The Kier molecular flexibility index (Phi) is 2.97. The molecule has 0 spiro atoms. The Bertz CT molecular complexity index is 472. The number of aromatic nitrogens is 2. The molecule has 18 heavy (non-hydrogen) atoms. The summed E-state index contributed by atoms with van der Waals surface area (Å²) in [5, 5.41) is 11.2. The van der Waals surface area contributed by atoms with E-state index in [0.29, 0.717) is 0 Å². The Morgan fingerprint density at radius 2 is 2.17 bits per heavy atom. The standard InChI is InChI=1S/C10H10F3N3O2/c11-10(12,13)9(1-2-9)16-4-7-6(8(17)18)3-14-5-15-7/h3,5,16H,1-2,4H2,(H,17,18). The van der Waals surface area contributed by atoms with E-state index < -0.39 is 17.7 Å². The highest BCUT2D eigenvalue weighted by atomic mass is 19.4. The lowest BCUT2D eigenvalue weighted by atomic mass is 10.2. The van der Waals surface area contributed by atoms with Crippen LogP contribution in [0.4, 0.5) is 13.2 Å². The fourth-order valence-electron chi connectivity index (χ4n) is 1.61. The van der Waals surface area contributed by atoms with Crippen LogP contribution < -0.4 is 5.32 Å². The summed E-state index contributed by atoms with van der Waals surface area (Å²) in [7, 11) is 0. The summed E-state index contributed by atoms with van der Waals surface area (Å²) in [5.74, 6) is -1.26. The lowest BCUT2D eigenvalue weighted by Gasteiger charge is -2.20. The van der Waals surface area contributed by atoms with Gasteiger partial charge in [-0.3, -0.25) is 5.32 Å². The van der Waals surface area contributed by atoms with E-state index in [2.05, 4.69) is 15.3 Å². The molecule has 0 aliphatic heterocycles. The molecular weight excluding hydrogens is 251 g/mol. The summed E-state index contributed by atoms with van der Waals surface area (Å²) < 4.78 is 37.9. The van der Waals surface area contributed by atoms with Crippen LogP contribution in [0.2, 0.25) is 0 Å². The molecule has 1 aromatic rings. The number of hydrogen-bond acceptors (Lipinski definition) is 4. The van der Waals surface area contributed by atoms with Crippen molar-refractivity contribution in [1.29, 1.82) is 0 Å². The average molecular weight is 261 g/mol. The zero-order chi connectivity index (χ0) is 13.4. The number of halogens is 3. The van der Waals surface area contributed by atoms with Crippen LogP contribution in [-0.4, -0.2) is 32.8 Å². The molecule has 98 valence electrons. The highest BCUT2D eigenvalue weighted by Gasteiger charge is 2.63. The van der Waals surface area contributed by atoms with Crippen LogP contribution in [0.3, 0.4) is 0 Å². The van der Waals surface area contributed by atoms with Gasteiger partial charge in [0.25, 0.3) is 0 Å². The Hall–Kier alpha value is -1.70. The molecule has 8 heteroatoms. The smallest absolute Gasteiger partial charge is 0.406 e. The van der Waals surface area contributed by atoms with Crippen molar-refractivity contribution in [1.82, 2.24) is 15.3 Å². The van der Waals surface area contributed by atoms with E-state index in [1.165, 1.54) is 0 Å². The van der Waals surface area contributed by atoms with Gasteiger partial charge in [0.2, 0.25) is 0 Å². The number of carboxylic acids is 1. The first kappa shape index (κ1) is 12.7. The maximum atomic E-state index is 12.6. The fourth-order valence-corrected chi connectivity index (χ4v) is 1.61. The van der Waals surface area contributed by atoms with Crippen molar-refractivity contribution in [2.24, 2.45) is 0 Å². The van der Waals surface area contributed by atoms with E-state index >= 15 is 0 Å². The van der Waals surface area contributed by atoms with E-state index in [9.17, 15) is 18.0 Å². The first-order valence-corrected chi connectivity index (χ1v) is 5.20. The SMILES string of the molecule is O=C(O)c1cncnc1CNC1(C(F)(F)F)CC1. The molecule has 0 amide bonds. The van der Waals surface area contributed by atoms with Gasteiger partial charge in [-0.2, -0.15) is 13.2 Å². The quantitative estimate of drug-likeness (QED) is 0.855. The number of alkyl halides is 3. The minimum Gasteiger partial charge on any atom is -0.478 e. The Morgan fingerprint density at radius 3 is 2.67 bits per heavy atom. The van der Waals surface area contributed by atoms with Gasteiger partial charge in [-0.1, -0.05) is 0 Å². The number of nitrogens with one attached hydrogen (secondary N) is 1. The van der Waals surface area contributed by atoms with Crippen molar-refractivity contribution in [3.05, 3.63) is 23.8 Å². The molecular formula is C10H10F3N3O2. The molecule has 0 unspecified atom stereocenters. The molecule has 5 nitrogen and oxygen atoms in total. The molecule has 2 rings (SSSR count). The van der Waals surface area contributed by atoms with Crippen LogP contribution in [0.5, 0.6) is 0 Å². The molecule has 1 aliphatic carbocycles. The zero-order valence-corrected chi connectivity index (χ0v) is 9.16. The van der Waals surface area contributed by atoms with E-state index in [1.54, 1.807) is 0 Å². The van der Waals surface area contributed by atoms with Crippen molar-refractivity contribution in [3.8, 4) is 0 Å². The molecule has 0 radical (unpaired) electrons. The molecule has 1 heterocycles. The lowest BCUT2D eigenvalue weighted by molar-refractivity contribution is -0.166. The summed E-state index contributed by atoms with van der Waals surface area (Å²) in [5.41, 5.74) is -2.02. The third-order valence-corrected chi connectivity index (χ3v) is 2.91. The summed E-state index contributed by atoms with van der Waals surface area (Å²) in [6.07, 6.45) is -2.15. The molecule has 0 saturated heterocycles. The summed E-state index contributed by atoms with van der Waals surface area (Å²) >= 11 is 0. The second kappa shape index (κ2) is 4.20. The van der Waals surface area contributed by atoms with Crippen LogP contribution >= 0.6 is 0 Å². The van der Waals surface area contributed by atoms with Gasteiger partial charge in [0.1, 0.15) is 17.4 Å². The molecule has 1 saturated carbocycles. The van der Waals surface area contributed by atoms with Crippen molar-refractivity contribution >= 4 is 5.97 Å². The molecule has 0 atom stereocenters. The Labute approximate surface area is 100 Å². The maximum absolute atomic E-state index is 12.6. The van der Waals surface area contributed by atoms with Gasteiger partial charge in [-0.15, -0.1) is 0 Å². The van der Waals surface area contributed by atoms with E-state index in [4.69, 9.17) is 5.11 Å². The second-order valence-corrected chi connectivity index (χ2v) is 4.12. The largest absolute Gasteiger partial charge is 0.478 e. The van der Waals surface area contributed by atoms with Gasteiger partial charge in [-0.25, -0.2) is 14.8 Å². The Balaban J connectivity index is 2.10. The third-order valence-electron chi connectivity index (χ3n) is 2.91. The van der Waals surface area contributed by atoms with Crippen molar-refractivity contribution < 1.29 is 23.1 Å². The number of carboxylic acid groups (broad SMARTS) is 1. The molecule has 2 N–H and O–H groups in total. The van der Waals surface area contributed by atoms with E-state index in [0.717, 1.165) is 12.5 Å². The van der Waals surface area contributed by atoms with Crippen molar-refractivity contribution in [2.45, 2.75) is 31.1 Å². The van der Waals surface area contributed by atoms with Crippen LogP contribution in [-0.2, 0) is 6.54 Å². The van der Waals surface area contributed by atoms with Gasteiger partial charge in [0.15, 0.2) is 0 Å². The molecule has 0 bridgehead atoms. The van der Waals surface area contributed by atoms with E-state index in [1.807, 2.05) is 0 Å². The predicted molar refractivity (Wildman–Crippen MR) is 53.9 cm³/mol. The van der Waals surface area contributed by atoms with Gasteiger partial charge in [-0.05, 0) is 12.8 Å². The number of carbonyl (C=O) groups is 1. The monoisotopic (exact) mass is 261 g/mol. The zero-order valence-electron chi connectivity index (χ0n) is 9.16. The molecule has 1 aromatic heterocycles. The lowest BCUT2D eigenvalue weighted by Crippen LogP contribution is -2.44. The van der Waals surface area contributed by atoms with Gasteiger partial charge < -0.3 is 5.11 Å². The number of aromatic carboxylic acids is 1. The number of nitrogens with zero attached hydrogens (tertiary/aromatic N) is 2. The summed E-state index contributed by atoms with van der Waals surface area (Å²) in [4.78, 5) is 18.1. The molecule has 1 fully saturated rings. The highest BCUT2D eigenvalue weighted by Crippen LogP contribution is 2.49. The van der Waals surface area contributed by atoms with Gasteiger partial charge >= 0.3 is 12.1 Å². The van der Waals surface area contributed by atoms with Gasteiger partial charge in [0, 0.05) is 12.7 Å². The van der Waals surface area contributed by atoms with E-state index in [-0.39, 0.29) is 30.6 Å². The minimum atomic E-state index is -4.33. The van der Waals surface area contributed by atoms with Crippen LogP contribution in [0.1, 0.15) is 28.9 Å². The normalized spacial score (nSPS) is 17.5. The summed E-state index contributed by atoms with van der Waals surface area (Å²) in [6, 6.07) is 0. The second-order valence-electron chi connectivity index (χ2n) is 4.12. The fraction of sp³-hybridized carbons (Fsp3) is 0.500. The maximum Gasteiger partial charge on any atom is 0.406 e. The Morgan fingerprint density at radius 1 is 1.50 bits per heavy atom. The third kappa shape index (κ3) is 2.28. The number of rotatable bonds is 4. The first-order chi connectivity index (χ1) is 8.36. The van der Waals surface area contributed by atoms with Crippen LogP contribution in [0, 0.1) is 0 Å². The van der Waals surface area contributed by atoms with Crippen LogP contribution in [0.15, 0.2) is 12.5 Å². The minimum absolute atomic E-state index is 0.00396. The van der Waals surface area contributed by atoms with Crippen LogP contribution in [0.25, 0.3) is 0 Å². The number of hydrogen-bond donors (Lipinski definition) is 2. The first-order valence-electron chi connectivity index (χ1n) is 5.20. The van der Waals surface area contributed by atoms with Crippen molar-refractivity contribution in [3.63, 3.8) is 0 Å².